The molecular weight excluding hydrogens is 549 g/mol. The molecule has 0 spiro atoms. The van der Waals surface area contributed by atoms with E-state index in [0.29, 0.717) is 43.1 Å². The molecule has 1 aliphatic rings. The van der Waals surface area contributed by atoms with Gasteiger partial charge in [0.1, 0.15) is 17.3 Å². The molecule has 1 atom stereocenters. The van der Waals surface area contributed by atoms with Crippen molar-refractivity contribution in [3.05, 3.63) is 81.8 Å². The van der Waals surface area contributed by atoms with Crippen molar-refractivity contribution in [2.45, 2.75) is 32.7 Å². The summed E-state index contributed by atoms with van der Waals surface area (Å²) in [5.74, 6) is -0.477. The van der Waals surface area contributed by atoms with Crippen LogP contribution in [0.25, 0.3) is 11.3 Å². The maximum absolute atomic E-state index is 14.9. The molecule has 2 amide bonds. The van der Waals surface area contributed by atoms with Crippen molar-refractivity contribution in [1.82, 2.24) is 24.8 Å². The van der Waals surface area contributed by atoms with Crippen molar-refractivity contribution >= 4 is 41.3 Å². The monoisotopic (exact) mass is 579 g/mol. The lowest BCUT2D eigenvalue weighted by molar-refractivity contribution is -0.128. The molecule has 10 nitrogen and oxygen atoms in total. The number of anilines is 2. The number of halogens is 2. The summed E-state index contributed by atoms with van der Waals surface area (Å²) in [4.78, 5) is 59.0. The molecule has 4 rings (SSSR count). The molecule has 3 heterocycles. The van der Waals surface area contributed by atoms with Gasteiger partial charge in [-0.15, -0.1) is 0 Å². The second kappa shape index (κ2) is 12.4. The molecule has 0 aliphatic carbocycles. The van der Waals surface area contributed by atoms with Gasteiger partial charge in [-0.2, -0.15) is 0 Å². The molecular formula is C29H31ClFN7O3. The maximum Gasteiger partial charge on any atom is 0.275 e. The fourth-order valence-electron chi connectivity index (χ4n) is 4.94. The summed E-state index contributed by atoms with van der Waals surface area (Å²) in [6, 6.07) is 7.39. The van der Waals surface area contributed by atoms with Crippen LogP contribution < -0.4 is 10.5 Å². The molecule has 1 aliphatic heterocycles. The van der Waals surface area contributed by atoms with E-state index in [4.69, 9.17) is 16.6 Å². The van der Waals surface area contributed by atoms with E-state index in [9.17, 15) is 18.8 Å². The minimum atomic E-state index is -0.554. The predicted octanol–water partition coefficient (Wildman–Crippen LogP) is 4.14. The van der Waals surface area contributed by atoms with Crippen LogP contribution in [-0.4, -0.2) is 75.6 Å². The zero-order chi connectivity index (χ0) is 29.8. The highest BCUT2D eigenvalue weighted by Gasteiger charge is 2.33. The van der Waals surface area contributed by atoms with Crippen LogP contribution in [0.2, 0.25) is 5.02 Å². The Morgan fingerprint density at radius 2 is 2.05 bits per heavy atom. The molecule has 1 fully saturated rings. The van der Waals surface area contributed by atoms with E-state index in [-0.39, 0.29) is 45.7 Å². The van der Waals surface area contributed by atoms with E-state index in [1.807, 2.05) is 25.7 Å². The van der Waals surface area contributed by atoms with Crippen molar-refractivity contribution in [2.75, 3.05) is 31.6 Å². The molecule has 0 radical (unpaired) electrons. The summed E-state index contributed by atoms with van der Waals surface area (Å²) >= 11 is 6.72. The summed E-state index contributed by atoms with van der Waals surface area (Å²) in [6.07, 6.45) is 3.02. The normalized spacial score (nSPS) is 15.7. The van der Waals surface area contributed by atoms with Crippen LogP contribution >= 0.6 is 11.6 Å². The molecule has 12 heteroatoms. The van der Waals surface area contributed by atoms with Crippen LogP contribution in [0.3, 0.4) is 0 Å². The number of carbonyl (C=O) groups excluding carboxylic acids is 2. The lowest BCUT2D eigenvalue weighted by Gasteiger charge is -2.41. The zero-order valence-corrected chi connectivity index (χ0v) is 24.0. The van der Waals surface area contributed by atoms with E-state index < -0.39 is 11.4 Å². The molecule has 41 heavy (non-hydrogen) atoms. The van der Waals surface area contributed by atoms with Gasteiger partial charge in [-0.1, -0.05) is 44.2 Å². The number of aliphatic imine (C=N–C) groups is 1. The first kappa shape index (κ1) is 29.6. The molecule has 1 unspecified atom stereocenters. The lowest BCUT2D eigenvalue weighted by Crippen LogP contribution is -2.55. The Morgan fingerprint density at radius 1 is 1.32 bits per heavy atom. The minimum Gasteiger partial charge on any atom is -0.350 e. The smallest absolute Gasteiger partial charge is 0.275 e. The van der Waals surface area contributed by atoms with Crippen LogP contribution in [0.15, 0.2) is 59.1 Å². The molecule has 0 saturated carbocycles. The number of rotatable bonds is 7. The lowest BCUT2D eigenvalue weighted by atomic mass is 10.0. The van der Waals surface area contributed by atoms with Crippen LogP contribution in [-0.2, 0) is 9.59 Å². The van der Waals surface area contributed by atoms with Crippen molar-refractivity contribution < 1.29 is 14.0 Å². The van der Waals surface area contributed by atoms with Gasteiger partial charge in [0, 0.05) is 38.3 Å². The molecule has 0 bridgehead atoms. The summed E-state index contributed by atoms with van der Waals surface area (Å²) in [5, 5.41) is 0.123. The molecule has 1 N–H and O–H groups in total. The van der Waals surface area contributed by atoms with Crippen molar-refractivity contribution in [1.29, 1.82) is 0 Å². The number of H-pyrrole nitrogens is 1. The van der Waals surface area contributed by atoms with Crippen LogP contribution in [0.5, 0.6) is 0 Å². The van der Waals surface area contributed by atoms with E-state index >= 15 is 0 Å². The largest absolute Gasteiger partial charge is 0.350 e. The number of aromatic nitrogens is 3. The Hall–Kier alpha value is -4.38. The standard InChI is InChI=1S/C29H31ClFN7O3/c1-6-23(40)36-11-12-37(18(4)14-36)27(32-5)20-13-21(30)25(19-9-7-8-10-22(19)31)35-28(20)38(16-39)26-24(17(2)3)33-15-34-29(26)41/h6-10,13,15-18H,1,11-12,14H2,2-5H3,(H,33,34,41). The minimum absolute atomic E-state index is 0.0158. The number of amidine groups is 1. The van der Waals surface area contributed by atoms with Gasteiger partial charge in [0.05, 0.1) is 28.3 Å². The van der Waals surface area contributed by atoms with Crippen LogP contribution in [0, 0.1) is 5.82 Å². The second-order valence-electron chi connectivity index (χ2n) is 9.84. The van der Waals surface area contributed by atoms with Crippen LogP contribution in [0.4, 0.5) is 15.9 Å². The number of nitrogens with one attached hydrogen (secondary N) is 1. The third-order valence-electron chi connectivity index (χ3n) is 6.90. The van der Waals surface area contributed by atoms with E-state index in [2.05, 4.69) is 21.5 Å². The van der Waals surface area contributed by atoms with E-state index in [1.54, 1.807) is 30.1 Å². The number of piperazine rings is 1. The van der Waals surface area contributed by atoms with Crippen LogP contribution in [0.1, 0.15) is 37.9 Å². The highest BCUT2D eigenvalue weighted by Crippen LogP contribution is 2.36. The number of benzene rings is 1. The SMILES string of the molecule is C=CC(=O)N1CCN(C(=NC)c2cc(Cl)c(-c3ccccc3F)nc2N(C=O)c2c(C(C)C)nc[nH]c2=O)C(C)C1. The fourth-order valence-corrected chi connectivity index (χ4v) is 5.20. The Balaban J connectivity index is 1.96. The first-order valence-corrected chi connectivity index (χ1v) is 13.4. The van der Waals surface area contributed by atoms with E-state index in [1.165, 1.54) is 24.5 Å². The third-order valence-corrected chi connectivity index (χ3v) is 7.19. The molecule has 2 aromatic heterocycles. The van der Waals surface area contributed by atoms with Crippen molar-refractivity contribution in [2.24, 2.45) is 4.99 Å². The first-order valence-electron chi connectivity index (χ1n) is 13.1. The summed E-state index contributed by atoms with van der Waals surface area (Å²) in [5.41, 5.74) is 0.365. The number of pyridine rings is 1. The van der Waals surface area contributed by atoms with Gasteiger partial charge in [0.2, 0.25) is 12.3 Å². The van der Waals surface area contributed by atoms with Gasteiger partial charge < -0.3 is 14.8 Å². The molecule has 214 valence electrons. The highest BCUT2D eigenvalue weighted by atomic mass is 35.5. The fraction of sp³-hybridized carbons (Fsp3) is 0.310. The maximum atomic E-state index is 14.9. The van der Waals surface area contributed by atoms with Gasteiger partial charge in [-0.05, 0) is 37.1 Å². The quantitative estimate of drug-likeness (QED) is 0.195. The Labute approximate surface area is 242 Å². The average Bonchev–Trinajstić information content (AvgIpc) is 2.96. The van der Waals surface area contributed by atoms with Gasteiger partial charge in [-0.3, -0.25) is 24.3 Å². The van der Waals surface area contributed by atoms with Gasteiger partial charge in [-0.25, -0.2) is 14.4 Å². The number of nitrogens with zero attached hydrogens (tertiary/aromatic N) is 6. The van der Waals surface area contributed by atoms with Gasteiger partial charge in [0.25, 0.3) is 5.56 Å². The number of hydrogen-bond donors (Lipinski definition) is 1. The molecule has 1 aromatic carbocycles. The number of amides is 2. The first-order chi connectivity index (χ1) is 19.6. The number of aromatic amines is 1. The Bertz CT molecular complexity index is 1570. The Morgan fingerprint density at radius 3 is 2.66 bits per heavy atom. The highest BCUT2D eigenvalue weighted by molar-refractivity contribution is 6.33. The van der Waals surface area contributed by atoms with E-state index in [0.717, 1.165) is 4.90 Å². The van der Waals surface area contributed by atoms with Gasteiger partial charge in [0.15, 0.2) is 5.82 Å². The van der Waals surface area contributed by atoms with Crippen molar-refractivity contribution in [3.8, 4) is 11.3 Å². The summed E-state index contributed by atoms with van der Waals surface area (Å²) in [6.45, 7) is 10.4. The van der Waals surface area contributed by atoms with Gasteiger partial charge >= 0.3 is 0 Å². The summed E-state index contributed by atoms with van der Waals surface area (Å²) < 4.78 is 14.9. The summed E-state index contributed by atoms with van der Waals surface area (Å²) in [7, 11) is 1.59. The number of hydrogen-bond acceptors (Lipinski definition) is 6. The van der Waals surface area contributed by atoms with Crippen molar-refractivity contribution in [3.63, 3.8) is 0 Å². The Kier molecular flexibility index (Phi) is 8.97. The number of carbonyl (C=O) groups is 2. The average molecular weight is 580 g/mol. The second-order valence-corrected chi connectivity index (χ2v) is 10.3. The molecule has 3 aromatic rings. The zero-order valence-electron chi connectivity index (χ0n) is 23.3. The molecule has 1 saturated heterocycles. The topological polar surface area (TPSA) is 115 Å². The third kappa shape index (κ3) is 5.76. The predicted molar refractivity (Wildman–Crippen MR) is 157 cm³/mol.